The number of halogens is 1. The van der Waals surface area contributed by atoms with E-state index >= 15 is 0 Å². The summed E-state index contributed by atoms with van der Waals surface area (Å²) in [4.78, 5) is 8.80. The highest BCUT2D eigenvalue weighted by Crippen LogP contribution is 2.32. The lowest BCUT2D eigenvalue weighted by molar-refractivity contribution is 0.276. The molecule has 0 saturated heterocycles. The molecule has 0 bridgehead atoms. The highest BCUT2D eigenvalue weighted by molar-refractivity contribution is 5.81. The van der Waals surface area contributed by atoms with Gasteiger partial charge in [-0.1, -0.05) is 12.1 Å². The van der Waals surface area contributed by atoms with E-state index in [1.54, 1.807) is 35.4 Å². The van der Waals surface area contributed by atoms with Crippen molar-refractivity contribution in [2.24, 2.45) is 0 Å². The van der Waals surface area contributed by atoms with Crippen molar-refractivity contribution in [3.8, 4) is 33.8 Å². The summed E-state index contributed by atoms with van der Waals surface area (Å²) in [5.41, 5.74) is 5.03. The first-order valence-corrected chi connectivity index (χ1v) is 8.56. The molecule has 4 aromatic rings. The molecule has 0 atom stereocenters. The summed E-state index contributed by atoms with van der Waals surface area (Å²) in [6.45, 7) is 2.34. The van der Waals surface area contributed by atoms with Crippen LogP contribution in [0.15, 0.2) is 55.1 Å². The Balaban J connectivity index is 1.77. The number of H-pyrrole nitrogens is 1. The number of aromatic nitrogens is 5. The first-order valence-electron chi connectivity index (χ1n) is 8.56. The third kappa shape index (κ3) is 3.37. The second kappa shape index (κ2) is 7.13. The molecule has 0 radical (unpaired) electrons. The molecular weight excluding hydrogens is 345 g/mol. The summed E-state index contributed by atoms with van der Waals surface area (Å²) in [7, 11) is 0. The van der Waals surface area contributed by atoms with Gasteiger partial charge in [0.2, 0.25) is 0 Å². The van der Waals surface area contributed by atoms with Crippen LogP contribution in [0.5, 0.6) is 0 Å². The van der Waals surface area contributed by atoms with Gasteiger partial charge in [0.1, 0.15) is 5.82 Å². The van der Waals surface area contributed by atoms with E-state index in [2.05, 4.69) is 20.2 Å². The zero-order valence-electron chi connectivity index (χ0n) is 14.7. The predicted molar refractivity (Wildman–Crippen MR) is 100 cm³/mol. The molecule has 27 heavy (non-hydrogen) atoms. The number of aliphatic hydroxyl groups is 1. The van der Waals surface area contributed by atoms with Crippen molar-refractivity contribution in [2.45, 2.75) is 13.5 Å². The number of pyridine rings is 1. The summed E-state index contributed by atoms with van der Waals surface area (Å²) in [5.74, 6) is -0.355. The number of aromatic amines is 1. The SMILES string of the molecule is Cc1cccc(-c2[nH]ncc2-c2ccc(F)c(-c3cn(CCO)cn3)c2)n1. The maximum Gasteiger partial charge on any atom is 0.132 e. The summed E-state index contributed by atoms with van der Waals surface area (Å²) in [6, 6.07) is 10.7. The molecule has 1 aromatic carbocycles. The van der Waals surface area contributed by atoms with Crippen LogP contribution in [-0.2, 0) is 6.54 Å². The number of imidazole rings is 1. The van der Waals surface area contributed by atoms with Gasteiger partial charge >= 0.3 is 0 Å². The van der Waals surface area contributed by atoms with E-state index in [1.807, 2.05) is 25.1 Å². The lowest BCUT2D eigenvalue weighted by Gasteiger charge is -2.07. The smallest absolute Gasteiger partial charge is 0.132 e. The number of aryl methyl sites for hydroxylation is 1. The first-order chi connectivity index (χ1) is 13.2. The average molecular weight is 363 g/mol. The monoisotopic (exact) mass is 363 g/mol. The molecule has 3 aromatic heterocycles. The molecule has 2 N–H and O–H groups in total. The van der Waals surface area contributed by atoms with Crippen molar-refractivity contribution in [3.05, 3.63) is 66.6 Å². The molecule has 136 valence electrons. The van der Waals surface area contributed by atoms with Gasteiger partial charge < -0.3 is 9.67 Å². The van der Waals surface area contributed by atoms with Crippen molar-refractivity contribution in [3.63, 3.8) is 0 Å². The second-order valence-electron chi connectivity index (χ2n) is 6.24. The highest BCUT2D eigenvalue weighted by Gasteiger charge is 2.15. The quantitative estimate of drug-likeness (QED) is 0.569. The van der Waals surface area contributed by atoms with Crippen LogP contribution in [0, 0.1) is 12.7 Å². The number of aliphatic hydroxyl groups excluding tert-OH is 1. The Morgan fingerprint density at radius 1 is 1.15 bits per heavy atom. The molecule has 0 spiro atoms. The highest BCUT2D eigenvalue weighted by atomic mass is 19.1. The molecule has 6 nitrogen and oxygen atoms in total. The lowest BCUT2D eigenvalue weighted by Crippen LogP contribution is -1.98. The van der Waals surface area contributed by atoms with E-state index in [0.29, 0.717) is 17.8 Å². The van der Waals surface area contributed by atoms with Crippen LogP contribution in [0.1, 0.15) is 5.69 Å². The van der Waals surface area contributed by atoms with Crippen molar-refractivity contribution >= 4 is 0 Å². The third-order valence-corrected chi connectivity index (χ3v) is 4.33. The van der Waals surface area contributed by atoms with E-state index < -0.39 is 0 Å². The van der Waals surface area contributed by atoms with Gasteiger partial charge in [0.05, 0.1) is 36.2 Å². The fourth-order valence-corrected chi connectivity index (χ4v) is 3.01. The number of nitrogens with zero attached hydrogens (tertiary/aromatic N) is 4. The van der Waals surface area contributed by atoms with Gasteiger partial charge in [-0.3, -0.25) is 10.1 Å². The van der Waals surface area contributed by atoms with Gasteiger partial charge in [-0.15, -0.1) is 0 Å². The van der Waals surface area contributed by atoms with Crippen LogP contribution in [-0.4, -0.2) is 36.4 Å². The zero-order chi connectivity index (χ0) is 18.8. The average Bonchev–Trinajstić information content (AvgIpc) is 3.32. The lowest BCUT2D eigenvalue weighted by atomic mass is 10.0. The minimum absolute atomic E-state index is 0.000192. The van der Waals surface area contributed by atoms with Gasteiger partial charge in [0.25, 0.3) is 0 Å². The standard InChI is InChI=1S/C20H18FN5O/c1-13-3-2-4-18(24-13)20-16(10-23-25-20)14-5-6-17(21)15(9-14)19-11-26(7-8-27)12-22-19/h2-6,9-12,27H,7-8H2,1H3,(H,23,25). The molecule has 0 fully saturated rings. The topological polar surface area (TPSA) is 79.6 Å². The molecule has 0 amide bonds. The first kappa shape index (κ1) is 17.1. The van der Waals surface area contributed by atoms with Crippen LogP contribution in [0.2, 0.25) is 0 Å². The number of rotatable bonds is 5. The molecular formula is C20H18FN5O. The zero-order valence-corrected chi connectivity index (χ0v) is 14.7. The van der Waals surface area contributed by atoms with Crippen LogP contribution < -0.4 is 0 Å². The molecule has 3 heterocycles. The summed E-state index contributed by atoms with van der Waals surface area (Å²) >= 11 is 0. The molecule has 0 aliphatic carbocycles. The Morgan fingerprint density at radius 3 is 2.85 bits per heavy atom. The Kier molecular flexibility index (Phi) is 4.52. The molecule has 4 rings (SSSR count). The molecule has 0 saturated carbocycles. The molecule has 7 heteroatoms. The Bertz CT molecular complexity index is 1090. The molecule has 0 unspecified atom stereocenters. The number of hydrogen-bond acceptors (Lipinski definition) is 4. The van der Waals surface area contributed by atoms with Crippen LogP contribution >= 0.6 is 0 Å². The minimum Gasteiger partial charge on any atom is -0.395 e. The van der Waals surface area contributed by atoms with E-state index in [9.17, 15) is 4.39 Å². The molecule has 0 aliphatic heterocycles. The van der Waals surface area contributed by atoms with Gasteiger partial charge in [-0.2, -0.15) is 5.10 Å². The largest absolute Gasteiger partial charge is 0.395 e. The fraction of sp³-hybridized carbons (Fsp3) is 0.150. The van der Waals surface area contributed by atoms with E-state index in [4.69, 9.17) is 5.11 Å². The number of hydrogen-bond donors (Lipinski definition) is 2. The maximum absolute atomic E-state index is 14.4. The maximum atomic E-state index is 14.4. The second-order valence-corrected chi connectivity index (χ2v) is 6.24. The number of nitrogens with one attached hydrogen (secondary N) is 1. The minimum atomic E-state index is -0.355. The summed E-state index contributed by atoms with van der Waals surface area (Å²) < 4.78 is 16.2. The van der Waals surface area contributed by atoms with Crippen molar-refractivity contribution in [1.29, 1.82) is 0 Å². The Morgan fingerprint density at radius 2 is 2.04 bits per heavy atom. The predicted octanol–water partition coefficient (Wildman–Crippen LogP) is 3.44. The van der Waals surface area contributed by atoms with Crippen molar-refractivity contribution < 1.29 is 9.50 Å². The Labute approximate surface area is 155 Å². The number of benzene rings is 1. The Hall–Kier alpha value is -3.32. The van der Waals surface area contributed by atoms with Crippen LogP contribution in [0.25, 0.3) is 33.8 Å². The van der Waals surface area contributed by atoms with Crippen molar-refractivity contribution in [2.75, 3.05) is 6.61 Å². The van der Waals surface area contributed by atoms with Crippen LogP contribution in [0.3, 0.4) is 0 Å². The van der Waals surface area contributed by atoms with E-state index in [0.717, 1.165) is 28.2 Å². The van der Waals surface area contributed by atoms with Gasteiger partial charge in [-0.25, -0.2) is 9.37 Å². The summed E-state index contributed by atoms with van der Waals surface area (Å²) in [6.07, 6.45) is 5.01. The molecule has 0 aliphatic rings. The summed E-state index contributed by atoms with van der Waals surface area (Å²) in [5, 5.41) is 16.2. The normalized spacial score (nSPS) is 11.1. The van der Waals surface area contributed by atoms with Crippen LogP contribution in [0.4, 0.5) is 4.39 Å². The van der Waals surface area contributed by atoms with Crippen molar-refractivity contribution in [1.82, 2.24) is 24.7 Å². The fourth-order valence-electron chi connectivity index (χ4n) is 3.01. The van der Waals surface area contributed by atoms with E-state index in [1.165, 1.54) is 6.07 Å². The van der Waals surface area contributed by atoms with Gasteiger partial charge in [0.15, 0.2) is 0 Å². The van der Waals surface area contributed by atoms with Gasteiger partial charge in [0, 0.05) is 29.6 Å². The van der Waals surface area contributed by atoms with Gasteiger partial charge in [-0.05, 0) is 36.8 Å². The third-order valence-electron chi connectivity index (χ3n) is 4.33. The van der Waals surface area contributed by atoms with E-state index in [-0.39, 0.29) is 12.4 Å².